The number of aromatic amines is 1. The fourth-order valence-electron chi connectivity index (χ4n) is 3.73. The number of amides is 2. The molecule has 7 heteroatoms. The van der Waals surface area contributed by atoms with Gasteiger partial charge in [-0.05, 0) is 37.0 Å². The van der Waals surface area contributed by atoms with Crippen LogP contribution in [0.5, 0.6) is 0 Å². The number of H-pyrrole nitrogens is 1. The fraction of sp³-hybridized carbons (Fsp3) is 0.722. The lowest BCUT2D eigenvalue weighted by Gasteiger charge is -2.40. The van der Waals surface area contributed by atoms with Crippen LogP contribution in [0.25, 0.3) is 0 Å². The first-order valence-corrected chi connectivity index (χ1v) is 9.10. The minimum atomic E-state index is -0.106. The van der Waals surface area contributed by atoms with Crippen LogP contribution in [0.3, 0.4) is 0 Å². The van der Waals surface area contributed by atoms with Crippen molar-refractivity contribution >= 4 is 11.8 Å². The van der Waals surface area contributed by atoms with Crippen molar-refractivity contribution in [2.75, 3.05) is 12.3 Å². The molecule has 1 saturated carbocycles. The Morgan fingerprint density at radius 2 is 2.12 bits per heavy atom. The van der Waals surface area contributed by atoms with Gasteiger partial charge in [0.15, 0.2) is 5.82 Å². The van der Waals surface area contributed by atoms with E-state index in [-0.39, 0.29) is 23.3 Å². The summed E-state index contributed by atoms with van der Waals surface area (Å²) in [5.41, 5.74) is 6.94. The smallest absolute Gasteiger partial charge is 0.315 e. The zero-order valence-corrected chi connectivity index (χ0v) is 15.5. The number of nitriles is 1. The summed E-state index contributed by atoms with van der Waals surface area (Å²) in [5.74, 6) is 0.742. The SMILES string of the molecule is CC(C)(C)[C@@H]1CCCC[C@H]1NC(=O)NCCCc1[nH]nc(N)c1C#N. The normalized spacial score (nSPS) is 20.7. The molecule has 0 unspecified atom stereocenters. The Kier molecular flexibility index (Phi) is 6.29. The molecule has 0 bridgehead atoms. The third kappa shape index (κ3) is 5.12. The van der Waals surface area contributed by atoms with Crippen LogP contribution in [0, 0.1) is 22.7 Å². The summed E-state index contributed by atoms with van der Waals surface area (Å²) in [5, 5.41) is 21.7. The molecule has 2 rings (SSSR count). The Hall–Kier alpha value is -2.23. The minimum Gasteiger partial charge on any atom is -0.381 e. The van der Waals surface area contributed by atoms with E-state index < -0.39 is 0 Å². The Bertz CT molecular complexity index is 624. The Labute approximate surface area is 149 Å². The molecule has 1 aromatic heterocycles. The van der Waals surface area contributed by atoms with Gasteiger partial charge in [0, 0.05) is 12.6 Å². The summed E-state index contributed by atoms with van der Waals surface area (Å²) in [6.45, 7) is 7.29. The second-order valence-electron chi connectivity index (χ2n) is 7.94. The standard InChI is InChI=1S/C18H30N6O/c1-18(2,3)13-7-4-5-8-15(13)22-17(25)21-10-6-9-14-12(11-19)16(20)24-23-14/h13,15H,4-10H2,1-3H3,(H3,20,23,24)(H2,21,22,25)/t13-,15-/m1/s1. The topological polar surface area (TPSA) is 120 Å². The molecule has 1 fully saturated rings. The van der Waals surface area contributed by atoms with Gasteiger partial charge in [-0.2, -0.15) is 10.4 Å². The van der Waals surface area contributed by atoms with Gasteiger partial charge in [0.1, 0.15) is 11.6 Å². The largest absolute Gasteiger partial charge is 0.381 e. The van der Waals surface area contributed by atoms with Crippen molar-refractivity contribution in [1.82, 2.24) is 20.8 Å². The monoisotopic (exact) mass is 346 g/mol. The number of rotatable bonds is 5. The van der Waals surface area contributed by atoms with E-state index in [1.54, 1.807) is 0 Å². The summed E-state index contributed by atoms with van der Waals surface area (Å²) in [6, 6.07) is 2.18. The second kappa shape index (κ2) is 8.24. The second-order valence-corrected chi connectivity index (χ2v) is 7.94. The van der Waals surface area contributed by atoms with Gasteiger partial charge in [0.2, 0.25) is 0 Å². The molecular weight excluding hydrogens is 316 g/mol. The zero-order chi connectivity index (χ0) is 18.4. The average molecular weight is 346 g/mol. The number of hydrogen-bond acceptors (Lipinski definition) is 4. The molecule has 2 amide bonds. The van der Waals surface area contributed by atoms with Crippen LogP contribution in [0.1, 0.15) is 64.1 Å². The first-order valence-electron chi connectivity index (χ1n) is 9.10. The predicted molar refractivity (Wildman–Crippen MR) is 97.8 cm³/mol. The van der Waals surface area contributed by atoms with Crippen LogP contribution in [-0.4, -0.2) is 28.8 Å². The van der Waals surface area contributed by atoms with Gasteiger partial charge >= 0.3 is 6.03 Å². The zero-order valence-electron chi connectivity index (χ0n) is 15.5. The third-order valence-corrected chi connectivity index (χ3v) is 5.06. The molecule has 5 N–H and O–H groups in total. The highest BCUT2D eigenvalue weighted by atomic mass is 16.2. The lowest BCUT2D eigenvalue weighted by atomic mass is 9.69. The summed E-state index contributed by atoms with van der Waals surface area (Å²) in [7, 11) is 0. The molecule has 1 heterocycles. The third-order valence-electron chi connectivity index (χ3n) is 5.06. The van der Waals surface area contributed by atoms with E-state index in [2.05, 4.69) is 41.6 Å². The van der Waals surface area contributed by atoms with Gasteiger partial charge in [-0.3, -0.25) is 5.10 Å². The number of nitrogens with one attached hydrogen (secondary N) is 3. The molecule has 1 aliphatic rings. The Morgan fingerprint density at radius 3 is 2.80 bits per heavy atom. The molecule has 0 radical (unpaired) electrons. The highest BCUT2D eigenvalue weighted by Gasteiger charge is 2.34. The van der Waals surface area contributed by atoms with Crippen LogP contribution in [-0.2, 0) is 6.42 Å². The molecule has 0 saturated heterocycles. The van der Waals surface area contributed by atoms with Crippen molar-refractivity contribution in [2.24, 2.45) is 11.3 Å². The summed E-state index contributed by atoms with van der Waals surface area (Å²) in [4.78, 5) is 12.2. The number of nitrogen functional groups attached to an aromatic ring is 1. The lowest BCUT2D eigenvalue weighted by Crippen LogP contribution is -2.50. The van der Waals surface area contributed by atoms with Crippen molar-refractivity contribution in [2.45, 2.75) is 65.3 Å². The molecule has 25 heavy (non-hydrogen) atoms. The molecule has 1 aromatic rings. The van der Waals surface area contributed by atoms with Gasteiger partial charge in [-0.1, -0.05) is 33.6 Å². The summed E-state index contributed by atoms with van der Waals surface area (Å²) < 4.78 is 0. The molecule has 138 valence electrons. The van der Waals surface area contributed by atoms with Crippen molar-refractivity contribution in [1.29, 1.82) is 5.26 Å². The van der Waals surface area contributed by atoms with E-state index in [1.807, 2.05) is 6.07 Å². The molecule has 7 nitrogen and oxygen atoms in total. The minimum absolute atomic E-state index is 0.106. The van der Waals surface area contributed by atoms with E-state index >= 15 is 0 Å². The number of anilines is 1. The number of hydrogen-bond donors (Lipinski definition) is 4. The van der Waals surface area contributed by atoms with Crippen molar-refractivity contribution in [3.05, 3.63) is 11.3 Å². The van der Waals surface area contributed by atoms with Gasteiger partial charge < -0.3 is 16.4 Å². The van der Waals surface area contributed by atoms with E-state index in [9.17, 15) is 4.79 Å². The molecule has 2 atom stereocenters. The van der Waals surface area contributed by atoms with Crippen molar-refractivity contribution in [3.63, 3.8) is 0 Å². The number of carbonyl (C=O) groups is 1. The summed E-state index contributed by atoms with van der Waals surface area (Å²) >= 11 is 0. The average Bonchev–Trinajstić information content (AvgIpc) is 2.91. The van der Waals surface area contributed by atoms with Crippen LogP contribution < -0.4 is 16.4 Å². The maximum Gasteiger partial charge on any atom is 0.315 e. The fourth-order valence-corrected chi connectivity index (χ4v) is 3.73. The Morgan fingerprint density at radius 1 is 1.40 bits per heavy atom. The molecule has 0 aliphatic heterocycles. The molecular formula is C18H30N6O. The maximum atomic E-state index is 12.2. The number of nitrogens with two attached hydrogens (primary N) is 1. The first kappa shape index (κ1) is 19.1. The van der Waals surface area contributed by atoms with E-state index in [1.165, 1.54) is 19.3 Å². The highest BCUT2D eigenvalue weighted by Crippen LogP contribution is 2.37. The van der Waals surface area contributed by atoms with Crippen LogP contribution in [0.2, 0.25) is 0 Å². The van der Waals surface area contributed by atoms with E-state index in [4.69, 9.17) is 11.0 Å². The van der Waals surface area contributed by atoms with Crippen LogP contribution >= 0.6 is 0 Å². The number of urea groups is 1. The van der Waals surface area contributed by atoms with E-state index in [0.717, 1.165) is 18.5 Å². The number of aromatic nitrogens is 2. The van der Waals surface area contributed by atoms with Crippen LogP contribution in [0.15, 0.2) is 0 Å². The van der Waals surface area contributed by atoms with Gasteiger partial charge in [-0.25, -0.2) is 4.79 Å². The number of carbonyl (C=O) groups excluding carboxylic acids is 1. The first-order chi connectivity index (χ1) is 11.8. The predicted octanol–water partition coefficient (Wildman–Crippen LogP) is 2.70. The Balaban J connectivity index is 1.76. The highest BCUT2D eigenvalue weighted by molar-refractivity contribution is 5.74. The van der Waals surface area contributed by atoms with Crippen LogP contribution in [0.4, 0.5) is 10.6 Å². The van der Waals surface area contributed by atoms with Crippen molar-refractivity contribution < 1.29 is 4.79 Å². The molecule has 0 aromatic carbocycles. The maximum absolute atomic E-state index is 12.2. The quantitative estimate of drug-likeness (QED) is 0.613. The summed E-state index contributed by atoms with van der Waals surface area (Å²) in [6.07, 6.45) is 5.99. The van der Waals surface area contributed by atoms with Gasteiger partial charge in [-0.15, -0.1) is 0 Å². The molecule has 1 aliphatic carbocycles. The van der Waals surface area contributed by atoms with Crippen molar-refractivity contribution in [3.8, 4) is 6.07 Å². The lowest BCUT2D eigenvalue weighted by molar-refractivity contribution is 0.133. The molecule has 0 spiro atoms. The van der Waals surface area contributed by atoms with E-state index in [0.29, 0.717) is 24.4 Å². The number of nitrogens with zero attached hydrogens (tertiary/aromatic N) is 2. The van der Waals surface area contributed by atoms with Gasteiger partial charge in [0.25, 0.3) is 0 Å². The number of aryl methyl sites for hydroxylation is 1. The van der Waals surface area contributed by atoms with Gasteiger partial charge in [0.05, 0.1) is 5.69 Å².